The zero-order valence-corrected chi connectivity index (χ0v) is 13.3. The van der Waals surface area contributed by atoms with Gasteiger partial charge in [0.15, 0.2) is 5.92 Å². The molecule has 1 aliphatic heterocycles. The number of aliphatic carboxylic acids is 1. The summed E-state index contributed by atoms with van der Waals surface area (Å²) in [6.45, 7) is 0.0288. The smallest absolute Gasteiger partial charge is 0.318 e. The maximum absolute atomic E-state index is 12.6. The summed E-state index contributed by atoms with van der Waals surface area (Å²) < 4.78 is 0. The largest absolute Gasteiger partial charge is 0.481 e. The van der Waals surface area contributed by atoms with Crippen LogP contribution < -0.4 is 10.0 Å². The Hall–Kier alpha value is -2.24. The van der Waals surface area contributed by atoms with Crippen LogP contribution >= 0.6 is 23.2 Å². The van der Waals surface area contributed by atoms with E-state index in [1.165, 1.54) is 5.01 Å². The van der Waals surface area contributed by atoms with Gasteiger partial charge in [-0.3, -0.25) is 14.6 Å². The molecule has 0 aliphatic carbocycles. The minimum absolute atomic E-state index is 0.0288. The van der Waals surface area contributed by atoms with Gasteiger partial charge in [-0.15, -0.1) is 0 Å². The highest BCUT2D eigenvalue weighted by Gasteiger charge is 2.43. The number of rotatable bonds is 3. The van der Waals surface area contributed by atoms with Crippen LogP contribution in [0, 0.1) is 5.92 Å². The highest BCUT2D eigenvalue weighted by Crippen LogP contribution is 2.33. The Balaban J connectivity index is 2.08. The number of carboxylic acids is 1. The number of nitrogens with zero attached hydrogens (tertiary/aromatic N) is 2. The van der Waals surface area contributed by atoms with Gasteiger partial charge in [-0.2, -0.15) is 0 Å². The van der Waals surface area contributed by atoms with Crippen LogP contribution in [-0.4, -0.2) is 23.5 Å². The summed E-state index contributed by atoms with van der Waals surface area (Å²) in [7, 11) is 0. The number of anilines is 2. The zero-order chi connectivity index (χ0) is 16.6. The molecule has 0 bridgehead atoms. The van der Waals surface area contributed by atoms with Gasteiger partial charge in [0.05, 0.1) is 17.9 Å². The molecule has 1 unspecified atom stereocenters. The van der Waals surface area contributed by atoms with Gasteiger partial charge < -0.3 is 5.11 Å². The molecule has 1 heterocycles. The topological polar surface area (TPSA) is 60.9 Å². The van der Waals surface area contributed by atoms with E-state index in [1.54, 1.807) is 53.5 Å². The van der Waals surface area contributed by atoms with Crippen molar-refractivity contribution in [3.63, 3.8) is 0 Å². The maximum atomic E-state index is 12.6. The molecule has 118 valence electrons. The van der Waals surface area contributed by atoms with Gasteiger partial charge in [0, 0.05) is 10.0 Å². The lowest BCUT2D eigenvalue weighted by atomic mass is 10.1. The number of hydrogen-bond donors (Lipinski definition) is 1. The summed E-state index contributed by atoms with van der Waals surface area (Å²) >= 11 is 12.0. The van der Waals surface area contributed by atoms with E-state index in [2.05, 4.69) is 0 Å². The summed E-state index contributed by atoms with van der Waals surface area (Å²) in [5.41, 5.74) is 1.14. The Morgan fingerprint density at radius 1 is 1.04 bits per heavy atom. The predicted molar refractivity (Wildman–Crippen MR) is 88.9 cm³/mol. The molecular formula is C16H12Cl2N2O3. The first kappa shape index (κ1) is 15.6. The first-order chi connectivity index (χ1) is 11.0. The van der Waals surface area contributed by atoms with Gasteiger partial charge in [0.1, 0.15) is 0 Å². The molecule has 23 heavy (non-hydrogen) atoms. The fraction of sp³-hybridized carbons (Fsp3) is 0.125. The van der Waals surface area contributed by atoms with Crippen LogP contribution in [-0.2, 0) is 9.59 Å². The van der Waals surface area contributed by atoms with E-state index in [9.17, 15) is 14.7 Å². The zero-order valence-electron chi connectivity index (χ0n) is 11.8. The van der Waals surface area contributed by atoms with Crippen molar-refractivity contribution in [1.29, 1.82) is 0 Å². The SMILES string of the molecule is O=C(O)C1CN(c2cccc(Cl)c2)N(c2cccc(Cl)c2)C1=O. The minimum Gasteiger partial charge on any atom is -0.481 e. The Morgan fingerprint density at radius 2 is 1.61 bits per heavy atom. The second kappa shape index (κ2) is 6.10. The first-order valence-electron chi connectivity index (χ1n) is 6.83. The van der Waals surface area contributed by atoms with Crippen LogP contribution in [0.4, 0.5) is 11.4 Å². The molecular weight excluding hydrogens is 339 g/mol. The second-order valence-corrected chi connectivity index (χ2v) is 5.96. The maximum Gasteiger partial charge on any atom is 0.318 e. The number of carbonyl (C=O) groups is 2. The molecule has 3 rings (SSSR count). The number of benzene rings is 2. The Kier molecular flexibility index (Phi) is 4.15. The van der Waals surface area contributed by atoms with Gasteiger partial charge in [-0.1, -0.05) is 35.3 Å². The van der Waals surface area contributed by atoms with E-state index < -0.39 is 17.8 Å². The molecule has 1 atom stereocenters. The third-order valence-corrected chi connectivity index (χ3v) is 4.03. The Morgan fingerprint density at radius 3 is 2.17 bits per heavy atom. The summed E-state index contributed by atoms with van der Waals surface area (Å²) in [5.74, 6) is -2.82. The molecule has 0 aromatic heterocycles. The van der Waals surface area contributed by atoms with Gasteiger partial charge in [0.25, 0.3) is 5.91 Å². The van der Waals surface area contributed by atoms with Crippen molar-refractivity contribution in [3.8, 4) is 0 Å². The van der Waals surface area contributed by atoms with E-state index in [-0.39, 0.29) is 6.54 Å². The molecule has 1 amide bonds. The highest BCUT2D eigenvalue weighted by atomic mass is 35.5. The number of carboxylic acid groups (broad SMARTS) is 1. The van der Waals surface area contributed by atoms with Crippen LogP contribution in [0.5, 0.6) is 0 Å². The van der Waals surface area contributed by atoms with Crippen LogP contribution in [0.1, 0.15) is 0 Å². The van der Waals surface area contributed by atoms with Crippen molar-refractivity contribution in [1.82, 2.24) is 0 Å². The van der Waals surface area contributed by atoms with Crippen molar-refractivity contribution in [2.45, 2.75) is 0 Å². The quantitative estimate of drug-likeness (QED) is 0.861. The molecule has 0 spiro atoms. The number of hydrazine groups is 1. The molecule has 1 aliphatic rings. The van der Waals surface area contributed by atoms with Gasteiger partial charge >= 0.3 is 5.97 Å². The summed E-state index contributed by atoms with van der Waals surface area (Å²) in [5, 5.41) is 13.2. The molecule has 0 saturated carbocycles. The number of amides is 1. The van der Waals surface area contributed by atoms with Crippen molar-refractivity contribution in [3.05, 3.63) is 58.6 Å². The van der Waals surface area contributed by atoms with Crippen molar-refractivity contribution < 1.29 is 14.7 Å². The van der Waals surface area contributed by atoms with Gasteiger partial charge in [-0.25, -0.2) is 5.01 Å². The lowest BCUT2D eigenvalue weighted by Gasteiger charge is -2.29. The van der Waals surface area contributed by atoms with E-state index in [1.807, 2.05) is 0 Å². The number of hydrogen-bond acceptors (Lipinski definition) is 3. The fourth-order valence-corrected chi connectivity index (χ4v) is 2.88. The van der Waals surface area contributed by atoms with E-state index in [4.69, 9.17) is 23.2 Å². The monoisotopic (exact) mass is 350 g/mol. The predicted octanol–water partition coefficient (Wildman–Crippen LogP) is 3.46. The molecule has 2 aromatic rings. The van der Waals surface area contributed by atoms with Crippen molar-refractivity contribution in [2.75, 3.05) is 16.6 Å². The summed E-state index contributed by atoms with van der Waals surface area (Å²) in [6, 6.07) is 13.6. The minimum atomic E-state index is -1.16. The molecule has 7 heteroatoms. The molecule has 0 radical (unpaired) electrons. The van der Waals surface area contributed by atoms with E-state index in [0.717, 1.165) is 0 Å². The van der Waals surface area contributed by atoms with E-state index in [0.29, 0.717) is 21.4 Å². The lowest BCUT2D eigenvalue weighted by molar-refractivity contribution is -0.144. The van der Waals surface area contributed by atoms with Crippen molar-refractivity contribution in [2.24, 2.45) is 5.92 Å². The first-order valence-corrected chi connectivity index (χ1v) is 7.58. The summed E-state index contributed by atoms with van der Waals surface area (Å²) in [6.07, 6.45) is 0. The molecule has 1 fully saturated rings. The second-order valence-electron chi connectivity index (χ2n) is 5.08. The fourth-order valence-electron chi connectivity index (χ4n) is 2.52. The third-order valence-electron chi connectivity index (χ3n) is 3.56. The molecule has 2 aromatic carbocycles. The number of carbonyl (C=O) groups excluding carboxylic acids is 1. The lowest BCUT2D eigenvalue weighted by Crippen LogP contribution is -2.39. The molecule has 1 saturated heterocycles. The van der Waals surface area contributed by atoms with Gasteiger partial charge in [0.2, 0.25) is 0 Å². The van der Waals surface area contributed by atoms with Gasteiger partial charge in [-0.05, 0) is 36.4 Å². The van der Waals surface area contributed by atoms with Crippen LogP contribution in [0.2, 0.25) is 10.0 Å². The van der Waals surface area contributed by atoms with E-state index >= 15 is 0 Å². The standard InChI is InChI=1S/C16H12Cl2N2O3/c17-10-3-1-5-12(7-10)19-9-14(16(22)23)15(21)20(19)13-6-2-4-11(18)8-13/h1-8,14H,9H2,(H,22,23). The number of halogens is 2. The summed E-state index contributed by atoms with van der Waals surface area (Å²) in [4.78, 5) is 23.9. The van der Waals surface area contributed by atoms with Crippen LogP contribution in [0.25, 0.3) is 0 Å². The van der Waals surface area contributed by atoms with Crippen LogP contribution in [0.15, 0.2) is 48.5 Å². The average Bonchev–Trinajstić information content (AvgIpc) is 2.85. The molecule has 5 nitrogen and oxygen atoms in total. The normalized spacial score (nSPS) is 17.7. The molecule has 1 N–H and O–H groups in total. The van der Waals surface area contributed by atoms with Crippen LogP contribution in [0.3, 0.4) is 0 Å². The Labute approximate surface area is 142 Å². The highest BCUT2D eigenvalue weighted by molar-refractivity contribution is 6.31. The third kappa shape index (κ3) is 2.98. The Bertz CT molecular complexity index is 781. The average molecular weight is 351 g/mol. The van der Waals surface area contributed by atoms with Crippen molar-refractivity contribution >= 4 is 46.5 Å².